The number of halogens is 2. The summed E-state index contributed by atoms with van der Waals surface area (Å²) in [6.45, 7) is 0.321. The highest BCUT2D eigenvalue weighted by Gasteiger charge is 2.34. The number of amides is 1. The number of carbonyl (C=O) groups is 2. The smallest absolute Gasteiger partial charge is 0.306 e. The first kappa shape index (κ1) is 23.5. The van der Waals surface area contributed by atoms with Crippen molar-refractivity contribution in [2.45, 2.75) is 18.9 Å². The van der Waals surface area contributed by atoms with Crippen LogP contribution in [-0.2, 0) is 14.3 Å². The van der Waals surface area contributed by atoms with Crippen LogP contribution in [0.5, 0.6) is 5.75 Å². The molecule has 2 aromatic carbocycles. The van der Waals surface area contributed by atoms with Gasteiger partial charge in [0.1, 0.15) is 18.2 Å². The molecule has 160 valence electrons. The van der Waals surface area contributed by atoms with Crippen molar-refractivity contribution in [3.63, 3.8) is 0 Å². The number of amidine groups is 1. The topological polar surface area (TPSA) is 114 Å². The van der Waals surface area contributed by atoms with E-state index < -0.39 is 5.97 Å². The van der Waals surface area contributed by atoms with Crippen molar-refractivity contribution >= 4 is 41.7 Å². The Hall–Kier alpha value is -2.77. The van der Waals surface area contributed by atoms with Gasteiger partial charge >= 0.3 is 5.97 Å². The van der Waals surface area contributed by atoms with Gasteiger partial charge in [0.15, 0.2) is 0 Å². The first-order chi connectivity index (χ1) is 13.9. The summed E-state index contributed by atoms with van der Waals surface area (Å²) in [6.07, 6.45) is 0.617. The van der Waals surface area contributed by atoms with Gasteiger partial charge in [0.2, 0.25) is 5.91 Å². The average Bonchev–Trinajstić information content (AvgIpc) is 3.05. The van der Waals surface area contributed by atoms with Gasteiger partial charge in [-0.2, -0.15) is 0 Å². The molecule has 0 aromatic heterocycles. The molecule has 3 rings (SSSR count). The maximum Gasteiger partial charge on any atom is 0.306 e. The molecule has 1 saturated heterocycles. The summed E-state index contributed by atoms with van der Waals surface area (Å²) in [5.74, 6) is -0.311. The lowest BCUT2D eigenvalue weighted by molar-refractivity contribution is -0.143. The fourth-order valence-corrected chi connectivity index (χ4v) is 3.53. The van der Waals surface area contributed by atoms with Crippen LogP contribution in [0.3, 0.4) is 0 Å². The monoisotopic (exact) mass is 451 g/mol. The lowest BCUT2D eigenvalue weighted by Crippen LogP contribution is -2.31. The standard InChI is InChI=1S/C21H22ClN3O4.ClH/c1-28-19(26)10-14-8-15(25-21(14)27)11-29-16-5-2-12(3-6-16)13-4-7-17(20(23)24)18(22)9-13;/h2-7,9,14-15H,8,10-11H2,1H3,(H3,23,24)(H,25,27);1H/t14-,15-;/m0./s1. The lowest BCUT2D eigenvalue weighted by atomic mass is 10.0. The summed E-state index contributed by atoms with van der Waals surface area (Å²) >= 11 is 6.18. The molecule has 0 radical (unpaired) electrons. The number of nitrogens with one attached hydrogen (secondary N) is 2. The lowest BCUT2D eigenvalue weighted by Gasteiger charge is -2.13. The van der Waals surface area contributed by atoms with Gasteiger partial charge in [-0.3, -0.25) is 15.0 Å². The Labute approximate surface area is 185 Å². The van der Waals surface area contributed by atoms with Crippen molar-refractivity contribution in [3.05, 3.63) is 53.1 Å². The zero-order valence-corrected chi connectivity index (χ0v) is 17.9. The number of ether oxygens (including phenoxy) is 2. The molecule has 0 unspecified atom stereocenters. The number of rotatable bonds is 7. The SMILES string of the molecule is COC(=O)C[C@@H]1C[C@@H](COc2ccc(-c3ccc(C(=N)N)c(Cl)c3)cc2)NC1=O.Cl. The Bertz CT molecular complexity index is 934. The zero-order valence-electron chi connectivity index (χ0n) is 16.3. The first-order valence-corrected chi connectivity index (χ1v) is 9.49. The van der Waals surface area contributed by atoms with Crippen molar-refractivity contribution in [2.75, 3.05) is 13.7 Å². The average molecular weight is 452 g/mol. The summed E-state index contributed by atoms with van der Waals surface area (Å²) in [5, 5.41) is 10.8. The first-order valence-electron chi connectivity index (χ1n) is 9.11. The van der Waals surface area contributed by atoms with Crippen LogP contribution >= 0.6 is 24.0 Å². The molecular formula is C21H23Cl2N3O4. The summed E-state index contributed by atoms with van der Waals surface area (Å²) < 4.78 is 10.4. The van der Waals surface area contributed by atoms with E-state index in [2.05, 4.69) is 10.1 Å². The highest BCUT2D eigenvalue weighted by atomic mass is 35.5. The normalized spacial score (nSPS) is 17.6. The van der Waals surface area contributed by atoms with Crippen LogP contribution in [-0.4, -0.2) is 37.5 Å². The van der Waals surface area contributed by atoms with Crippen LogP contribution in [0.2, 0.25) is 5.02 Å². The zero-order chi connectivity index (χ0) is 21.0. The number of esters is 1. The van der Waals surface area contributed by atoms with Crippen LogP contribution in [0, 0.1) is 11.3 Å². The predicted molar refractivity (Wildman–Crippen MR) is 117 cm³/mol. The van der Waals surface area contributed by atoms with Gasteiger partial charge in [-0.05, 0) is 41.8 Å². The fraction of sp³-hybridized carbons (Fsp3) is 0.286. The minimum absolute atomic E-state index is 0. The molecule has 30 heavy (non-hydrogen) atoms. The van der Waals surface area contributed by atoms with Crippen molar-refractivity contribution < 1.29 is 19.1 Å². The maximum absolute atomic E-state index is 11.9. The molecule has 2 aromatic rings. The largest absolute Gasteiger partial charge is 0.491 e. The van der Waals surface area contributed by atoms with E-state index >= 15 is 0 Å². The molecule has 9 heteroatoms. The van der Waals surface area contributed by atoms with Crippen LogP contribution in [0.15, 0.2) is 42.5 Å². The van der Waals surface area contributed by atoms with E-state index in [1.54, 1.807) is 12.1 Å². The molecule has 1 heterocycles. The van der Waals surface area contributed by atoms with Crippen LogP contribution in [0.1, 0.15) is 18.4 Å². The molecule has 1 aliphatic rings. The summed E-state index contributed by atoms with van der Waals surface area (Å²) in [4.78, 5) is 23.3. The third-order valence-electron chi connectivity index (χ3n) is 4.83. The Morgan fingerprint density at radius 2 is 1.90 bits per heavy atom. The molecule has 1 aliphatic heterocycles. The van der Waals surface area contributed by atoms with E-state index in [1.807, 2.05) is 30.3 Å². The Morgan fingerprint density at radius 1 is 1.23 bits per heavy atom. The molecule has 1 fully saturated rings. The van der Waals surface area contributed by atoms with E-state index in [0.29, 0.717) is 29.4 Å². The Balaban J connectivity index is 0.00000320. The molecule has 0 saturated carbocycles. The Kier molecular flexibility index (Phi) is 8.08. The minimum atomic E-state index is -0.390. The number of benzene rings is 2. The fourth-order valence-electron chi connectivity index (χ4n) is 3.25. The van der Waals surface area contributed by atoms with Gasteiger partial charge in [-0.1, -0.05) is 29.8 Å². The number of hydrogen-bond acceptors (Lipinski definition) is 5. The third kappa shape index (κ3) is 5.64. The van der Waals surface area contributed by atoms with Crippen LogP contribution in [0.4, 0.5) is 0 Å². The van der Waals surface area contributed by atoms with Gasteiger partial charge < -0.3 is 20.5 Å². The van der Waals surface area contributed by atoms with Gasteiger partial charge in [-0.25, -0.2) is 0 Å². The van der Waals surface area contributed by atoms with Crippen LogP contribution in [0.25, 0.3) is 11.1 Å². The predicted octanol–water partition coefficient (Wildman–Crippen LogP) is 3.16. The van der Waals surface area contributed by atoms with Crippen molar-refractivity contribution in [3.8, 4) is 16.9 Å². The molecule has 1 amide bonds. The highest BCUT2D eigenvalue weighted by Crippen LogP contribution is 2.27. The second kappa shape index (κ2) is 10.3. The second-order valence-corrected chi connectivity index (χ2v) is 7.27. The van der Waals surface area contributed by atoms with Crippen molar-refractivity contribution in [1.29, 1.82) is 5.41 Å². The number of hydrogen-bond donors (Lipinski definition) is 3. The van der Waals surface area contributed by atoms with Gasteiger partial charge in [0.05, 0.1) is 30.5 Å². The molecule has 4 N–H and O–H groups in total. The summed E-state index contributed by atoms with van der Waals surface area (Å²) in [7, 11) is 1.31. The highest BCUT2D eigenvalue weighted by molar-refractivity contribution is 6.34. The van der Waals surface area contributed by atoms with E-state index in [4.69, 9.17) is 27.5 Å². The number of nitrogens with two attached hydrogens (primary N) is 1. The Morgan fingerprint density at radius 3 is 2.50 bits per heavy atom. The van der Waals surface area contributed by atoms with Crippen molar-refractivity contribution in [1.82, 2.24) is 5.32 Å². The minimum Gasteiger partial charge on any atom is -0.491 e. The van der Waals surface area contributed by atoms with E-state index in [1.165, 1.54) is 7.11 Å². The number of nitrogen functional groups attached to an aromatic ring is 1. The van der Waals surface area contributed by atoms with Gasteiger partial charge in [0, 0.05) is 5.56 Å². The quantitative estimate of drug-likeness (QED) is 0.339. The van der Waals surface area contributed by atoms with Gasteiger partial charge in [0.25, 0.3) is 0 Å². The third-order valence-corrected chi connectivity index (χ3v) is 5.14. The summed E-state index contributed by atoms with van der Waals surface area (Å²) in [5.41, 5.74) is 7.84. The molecule has 0 aliphatic carbocycles. The molecule has 2 atom stereocenters. The molecule has 7 nitrogen and oxygen atoms in total. The van der Waals surface area contributed by atoms with Crippen molar-refractivity contribution in [2.24, 2.45) is 11.7 Å². The second-order valence-electron chi connectivity index (χ2n) is 6.86. The van der Waals surface area contributed by atoms with E-state index in [-0.39, 0.29) is 42.5 Å². The van der Waals surface area contributed by atoms with Gasteiger partial charge in [-0.15, -0.1) is 12.4 Å². The molecule has 0 spiro atoms. The number of methoxy groups -OCH3 is 1. The van der Waals surface area contributed by atoms with E-state index in [0.717, 1.165) is 11.1 Å². The van der Waals surface area contributed by atoms with Crippen LogP contribution < -0.4 is 15.8 Å². The summed E-state index contributed by atoms with van der Waals surface area (Å²) in [6, 6.07) is 12.7. The maximum atomic E-state index is 11.9. The molecular weight excluding hydrogens is 429 g/mol. The number of carbonyl (C=O) groups excluding carboxylic acids is 2. The van der Waals surface area contributed by atoms with E-state index in [9.17, 15) is 9.59 Å². The molecule has 0 bridgehead atoms.